The van der Waals surface area contributed by atoms with Gasteiger partial charge in [-0.05, 0) is 32.4 Å². The maximum Gasteiger partial charge on any atom is 0.253 e. The number of amides is 1. The van der Waals surface area contributed by atoms with Crippen LogP contribution in [0.1, 0.15) is 29.4 Å². The molecule has 0 radical (unpaired) electrons. The van der Waals surface area contributed by atoms with Crippen molar-refractivity contribution in [2.24, 2.45) is 5.84 Å². The number of pyridine rings is 1. The van der Waals surface area contributed by atoms with Gasteiger partial charge in [0.05, 0.1) is 6.10 Å². The number of hydrogen-bond acceptors (Lipinski definition) is 5. The summed E-state index contributed by atoms with van der Waals surface area (Å²) in [5.41, 5.74) is 3.68. The molecule has 0 fully saturated rings. The zero-order valence-corrected chi connectivity index (χ0v) is 11.0. The SMILES string of the molecule is Cc1cc(C(=O)N(C)CCC(C)O)cc(NN)n1. The Kier molecular flexibility index (Phi) is 5.06. The Labute approximate surface area is 107 Å². The van der Waals surface area contributed by atoms with Gasteiger partial charge in [0.2, 0.25) is 0 Å². The number of aliphatic hydroxyl groups is 1. The van der Waals surface area contributed by atoms with E-state index in [1.54, 1.807) is 37.9 Å². The molecule has 1 rings (SSSR count). The monoisotopic (exact) mass is 252 g/mol. The summed E-state index contributed by atoms with van der Waals surface area (Å²) >= 11 is 0. The molecule has 0 bridgehead atoms. The van der Waals surface area contributed by atoms with Crippen LogP contribution in [0.25, 0.3) is 0 Å². The Morgan fingerprint density at radius 2 is 2.28 bits per heavy atom. The van der Waals surface area contributed by atoms with E-state index in [9.17, 15) is 9.90 Å². The van der Waals surface area contributed by atoms with Crippen molar-refractivity contribution in [2.75, 3.05) is 19.0 Å². The molecule has 6 heteroatoms. The molecule has 1 aromatic heterocycles. The summed E-state index contributed by atoms with van der Waals surface area (Å²) in [6, 6.07) is 3.32. The zero-order chi connectivity index (χ0) is 13.7. The maximum absolute atomic E-state index is 12.1. The van der Waals surface area contributed by atoms with E-state index in [0.717, 1.165) is 5.69 Å². The van der Waals surface area contributed by atoms with Gasteiger partial charge in [0, 0.05) is 24.8 Å². The van der Waals surface area contributed by atoms with Crippen LogP contribution < -0.4 is 11.3 Å². The lowest BCUT2D eigenvalue weighted by atomic mass is 10.2. The molecule has 0 spiro atoms. The number of aliphatic hydroxyl groups excluding tert-OH is 1. The first-order chi connectivity index (χ1) is 8.43. The molecule has 6 nitrogen and oxygen atoms in total. The molecule has 18 heavy (non-hydrogen) atoms. The van der Waals surface area contributed by atoms with Crippen molar-refractivity contribution >= 4 is 11.7 Å². The number of nitrogens with two attached hydrogens (primary N) is 1. The number of nitrogens with one attached hydrogen (secondary N) is 1. The fraction of sp³-hybridized carbons (Fsp3) is 0.500. The summed E-state index contributed by atoms with van der Waals surface area (Å²) < 4.78 is 0. The highest BCUT2D eigenvalue weighted by atomic mass is 16.3. The minimum Gasteiger partial charge on any atom is -0.393 e. The van der Waals surface area contributed by atoms with Crippen LogP contribution in [-0.4, -0.2) is 40.6 Å². The highest BCUT2D eigenvalue weighted by Gasteiger charge is 2.13. The Bertz CT molecular complexity index is 421. The minimum atomic E-state index is -0.416. The van der Waals surface area contributed by atoms with E-state index >= 15 is 0 Å². The molecule has 0 saturated heterocycles. The van der Waals surface area contributed by atoms with E-state index < -0.39 is 6.10 Å². The largest absolute Gasteiger partial charge is 0.393 e. The second-order valence-corrected chi connectivity index (χ2v) is 4.39. The molecular weight excluding hydrogens is 232 g/mol. The maximum atomic E-state index is 12.1. The number of hydrazine groups is 1. The number of hydrogen-bond donors (Lipinski definition) is 3. The van der Waals surface area contributed by atoms with Gasteiger partial charge in [-0.25, -0.2) is 10.8 Å². The lowest BCUT2D eigenvalue weighted by Crippen LogP contribution is -2.29. The van der Waals surface area contributed by atoms with Crippen molar-refractivity contribution in [2.45, 2.75) is 26.4 Å². The molecule has 1 atom stereocenters. The van der Waals surface area contributed by atoms with E-state index in [1.807, 2.05) is 0 Å². The number of carbonyl (C=O) groups excluding carboxylic acids is 1. The van der Waals surface area contributed by atoms with Gasteiger partial charge in [0.1, 0.15) is 5.82 Å². The fourth-order valence-electron chi connectivity index (χ4n) is 1.57. The number of aromatic nitrogens is 1. The van der Waals surface area contributed by atoms with E-state index in [1.165, 1.54) is 0 Å². The second-order valence-electron chi connectivity index (χ2n) is 4.39. The van der Waals surface area contributed by atoms with Crippen LogP contribution in [0, 0.1) is 6.92 Å². The van der Waals surface area contributed by atoms with Gasteiger partial charge in [-0.1, -0.05) is 0 Å². The van der Waals surface area contributed by atoms with Crippen LogP contribution >= 0.6 is 0 Å². The minimum absolute atomic E-state index is 0.113. The van der Waals surface area contributed by atoms with E-state index in [2.05, 4.69) is 10.4 Å². The van der Waals surface area contributed by atoms with Gasteiger partial charge in [-0.15, -0.1) is 0 Å². The van der Waals surface area contributed by atoms with Crippen LogP contribution in [0.4, 0.5) is 5.82 Å². The third-order valence-electron chi connectivity index (χ3n) is 2.58. The highest BCUT2D eigenvalue weighted by molar-refractivity contribution is 5.94. The molecule has 100 valence electrons. The molecule has 1 aromatic rings. The van der Waals surface area contributed by atoms with Crippen molar-refractivity contribution in [3.63, 3.8) is 0 Å². The first-order valence-electron chi connectivity index (χ1n) is 5.83. The molecule has 0 aromatic carbocycles. The average Bonchev–Trinajstić information content (AvgIpc) is 2.34. The molecular formula is C12H20N4O2. The third kappa shape index (κ3) is 3.97. The van der Waals surface area contributed by atoms with Crippen LogP contribution in [0.3, 0.4) is 0 Å². The summed E-state index contributed by atoms with van der Waals surface area (Å²) in [5.74, 6) is 5.64. The molecule has 1 unspecified atom stereocenters. The van der Waals surface area contributed by atoms with Crippen molar-refractivity contribution in [1.82, 2.24) is 9.88 Å². The molecule has 1 heterocycles. The molecule has 0 aliphatic rings. The van der Waals surface area contributed by atoms with Gasteiger partial charge in [-0.2, -0.15) is 0 Å². The van der Waals surface area contributed by atoms with Crippen LogP contribution in [0.15, 0.2) is 12.1 Å². The van der Waals surface area contributed by atoms with Crippen molar-refractivity contribution in [1.29, 1.82) is 0 Å². The van der Waals surface area contributed by atoms with E-state index in [-0.39, 0.29) is 5.91 Å². The summed E-state index contributed by atoms with van der Waals surface area (Å²) in [7, 11) is 1.70. The Morgan fingerprint density at radius 1 is 1.61 bits per heavy atom. The van der Waals surface area contributed by atoms with Gasteiger partial charge in [0.15, 0.2) is 0 Å². The summed E-state index contributed by atoms with van der Waals surface area (Å²) in [4.78, 5) is 17.8. The molecule has 1 amide bonds. The van der Waals surface area contributed by atoms with Crippen LogP contribution in [0.2, 0.25) is 0 Å². The molecule has 4 N–H and O–H groups in total. The average molecular weight is 252 g/mol. The van der Waals surface area contributed by atoms with Crippen molar-refractivity contribution in [3.05, 3.63) is 23.4 Å². The first kappa shape index (κ1) is 14.4. The van der Waals surface area contributed by atoms with Crippen LogP contribution in [0.5, 0.6) is 0 Å². The summed E-state index contributed by atoms with van der Waals surface area (Å²) in [6.07, 6.45) is 0.134. The van der Waals surface area contributed by atoms with Crippen molar-refractivity contribution in [3.8, 4) is 0 Å². The number of anilines is 1. The molecule has 0 aliphatic carbocycles. The normalized spacial score (nSPS) is 12.1. The summed E-state index contributed by atoms with van der Waals surface area (Å²) in [5, 5.41) is 9.21. The number of aryl methyl sites for hydroxylation is 1. The van der Waals surface area contributed by atoms with Gasteiger partial charge in [-0.3, -0.25) is 4.79 Å². The van der Waals surface area contributed by atoms with Gasteiger partial charge >= 0.3 is 0 Å². The lowest BCUT2D eigenvalue weighted by Gasteiger charge is -2.18. The Balaban J connectivity index is 2.79. The van der Waals surface area contributed by atoms with Crippen molar-refractivity contribution < 1.29 is 9.90 Å². The van der Waals surface area contributed by atoms with Gasteiger partial charge < -0.3 is 15.4 Å². The molecule has 0 aliphatic heterocycles. The zero-order valence-electron chi connectivity index (χ0n) is 11.0. The fourth-order valence-corrected chi connectivity index (χ4v) is 1.57. The topological polar surface area (TPSA) is 91.5 Å². The number of nitrogen functional groups attached to an aromatic ring is 1. The van der Waals surface area contributed by atoms with Crippen LogP contribution in [-0.2, 0) is 0 Å². The quantitative estimate of drug-likeness (QED) is 0.525. The number of nitrogens with zero attached hydrogens (tertiary/aromatic N) is 2. The predicted octanol–water partition coefficient (Wildman–Crippen LogP) is 0.519. The number of carbonyl (C=O) groups is 1. The Morgan fingerprint density at radius 3 is 2.83 bits per heavy atom. The predicted molar refractivity (Wildman–Crippen MR) is 70.0 cm³/mol. The Hall–Kier alpha value is -1.66. The molecule has 0 saturated carbocycles. The second kappa shape index (κ2) is 6.32. The van der Waals surface area contributed by atoms with E-state index in [0.29, 0.717) is 24.3 Å². The smallest absolute Gasteiger partial charge is 0.253 e. The standard InChI is InChI=1S/C12H20N4O2/c1-8-6-10(7-11(14-8)15-13)12(18)16(3)5-4-9(2)17/h6-7,9,17H,4-5,13H2,1-3H3,(H,14,15). The first-order valence-corrected chi connectivity index (χ1v) is 5.83. The lowest BCUT2D eigenvalue weighted by molar-refractivity contribution is 0.0769. The summed E-state index contributed by atoms with van der Waals surface area (Å²) in [6.45, 7) is 4.00. The number of rotatable bonds is 5. The van der Waals surface area contributed by atoms with Gasteiger partial charge in [0.25, 0.3) is 5.91 Å². The van der Waals surface area contributed by atoms with E-state index in [4.69, 9.17) is 5.84 Å². The third-order valence-corrected chi connectivity index (χ3v) is 2.58. The highest BCUT2D eigenvalue weighted by Crippen LogP contribution is 2.11.